The van der Waals surface area contributed by atoms with Gasteiger partial charge in [-0.25, -0.2) is 4.79 Å². The second-order valence-electron chi connectivity index (χ2n) is 5.49. The molecule has 112 valence electrons. The maximum atomic E-state index is 12.3. The van der Waals surface area contributed by atoms with Gasteiger partial charge >= 0.3 is 6.03 Å². The Morgan fingerprint density at radius 3 is 2.90 bits per heavy atom. The average molecular weight is 288 g/mol. The maximum Gasteiger partial charge on any atom is 0.324 e. The number of para-hydroxylation sites is 1. The Morgan fingerprint density at radius 1 is 1.38 bits per heavy atom. The number of nitrogens with two attached hydrogens (primary N) is 1. The number of nitrogens with one attached hydrogen (secondary N) is 1. The van der Waals surface area contributed by atoms with Crippen LogP contribution < -0.4 is 16.0 Å². The third kappa shape index (κ3) is 2.58. The summed E-state index contributed by atoms with van der Waals surface area (Å²) in [5.74, 6) is 0.222. The molecule has 1 atom stereocenters. The monoisotopic (exact) mass is 288 g/mol. The van der Waals surface area contributed by atoms with Crippen LogP contribution in [-0.4, -0.2) is 49.6 Å². The van der Waals surface area contributed by atoms with E-state index in [1.54, 1.807) is 0 Å². The van der Waals surface area contributed by atoms with Crippen molar-refractivity contribution in [1.29, 1.82) is 0 Å². The van der Waals surface area contributed by atoms with E-state index in [4.69, 9.17) is 5.73 Å². The minimum atomic E-state index is -0.286. The SMILES string of the molecule is NCCC1CN(CC(=O)N2CCNC2=O)c2ccccc21. The zero-order valence-electron chi connectivity index (χ0n) is 11.9. The lowest BCUT2D eigenvalue weighted by molar-refractivity contribution is -0.126. The molecule has 1 fully saturated rings. The molecule has 1 aromatic carbocycles. The Labute approximate surface area is 123 Å². The van der Waals surface area contributed by atoms with E-state index < -0.39 is 0 Å². The fourth-order valence-electron chi connectivity index (χ4n) is 3.14. The van der Waals surface area contributed by atoms with Crippen LogP contribution in [0.5, 0.6) is 0 Å². The Hall–Kier alpha value is -2.08. The number of anilines is 1. The van der Waals surface area contributed by atoms with Crippen LogP contribution in [0.4, 0.5) is 10.5 Å². The molecule has 0 saturated carbocycles. The number of nitrogens with zero attached hydrogens (tertiary/aromatic N) is 2. The van der Waals surface area contributed by atoms with Crippen molar-refractivity contribution < 1.29 is 9.59 Å². The molecule has 0 radical (unpaired) electrons. The fraction of sp³-hybridized carbons (Fsp3) is 0.467. The number of hydrogen-bond donors (Lipinski definition) is 2. The van der Waals surface area contributed by atoms with Gasteiger partial charge in [-0.05, 0) is 24.6 Å². The first kappa shape index (κ1) is 13.9. The van der Waals surface area contributed by atoms with E-state index in [1.165, 1.54) is 10.5 Å². The van der Waals surface area contributed by atoms with Gasteiger partial charge in [-0.15, -0.1) is 0 Å². The molecule has 1 unspecified atom stereocenters. The molecule has 3 N–H and O–H groups in total. The molecular weight excluding hydrogens is 268 g/mol. The minimum Gasteiger partial charge on any atom is -0.361 e. The summed E-state index contributed by atoms with van der Waals surface area (Å²) < 4.78 is 0. The average Bonchev–Trinajstić information content (AvgIpc) is 3.05. The fourth-order valence-corrected chi connectivity index (χ4v) is 3.14. The summed E-state index contributed by atoms with van der Waals surface area (Å²) in [4.78, 5) is 27.2. The molecule has 2 aliphatic rings. The van der Waals surface area contributed by atoms with E-state index in [9.17, 15) is 9.59 Å². The number of fused-ring (bicyclic) bond motifs is 1. The van der Waals surface area contributed by atoms with Crippen molar-refractivity contribution in [3.8, 4) is 0 Å². The van der Waals surface area contributed by atoms with Crippen LogP contribution >= 0.6 is 0 Å². The highest BCUT2D eigenvalue weighted by molar-refractivity contribution is 5.98. The second-order valence-corrected chi connectivity index (χ2v) is 5.49. The number of carbonyl (C=O) groups excluding carboxylic acids is 2. The summed E-state index contributed by atoms with van der Waals surface area (Å²) >= 11 is 0. The Bertz CT molecular complexity index is 560. The van der Waals surface area contributed by atoms with Gasteiger partial charge in [0.15, 0.2) is 0 Å². The smallest absolute Gasteiger partial charge is 0.324 e. The molecule has 0 bridgehead atoms. The highest BCUT2D eigenvalue weighted by Gasteiger charge is 2.32. The maximum absolute atomic E-state index is 12.3. The molecule has 2 heterocycles. The molecule has 6 heteroatoms. The number of urea groups is 1. The standard InChI is InChI=1S/C15H20N4O2/c16-6-5-11-9-18(13-4-2-1-3-12(11)13)10-14(20)19-8-7-17-15(19)21/h1-4,11H,5-10,16H2,(H,17,21). The first-order valence-electron chi connectivity index (χ1n) is 7.33. The van der Waals surface area contributed by atoms with E-state index in [0.717, 1.165) is 18.7 Å². The Kier molecular flexibility index (Phi) is 3.79. The van der Waals surface area contributed by atoms with Gasteiger partial charge in [-0.3, -0.25) is 9.69 Å². The van der Waals surface area contributed by atoms with Crippen molar-refractivity contribution >= 4 is 17.6 Å². The Balaban J connectivity index is 1.74. The third-order valence-electron chi connectivity index (χ3n) is 4.16. The molecule has 0 aromatic heterocycles. The van der Waals surface area contributed by atoms with Crippen LogP contribution in [-0.2, 0) is 4.79 Å². The molecule has 21 heavy (non-hydrogen) atoms. The normalized spacial score (nSPS) is 20.6. The topological polar surface area (TPSA) is 78.7 Å². The van der Waals surface area contributed by atoms with Gasteiger partial charge in [0.1, 0.15) is 0 Å². The van der Waals surface area contributed by atoms with Gasteiger partial charge in [-0.1, -0.05) is 18.2 Å². The summed E-state index contributed by atoms with van der Waals surface area (Å²) in [5.41, 5.74) is 8.02. The molecule has 1 saturated heterocycles. The highest BCUT2D eigenvalue weighted by atomic mass is 16.2. The van der Waals surface area contributed by atoms with Crippen molar-refractivity contribution in [2.45, 2.75) is 12.3 Å². The van der Waals surface area contributed by atoms with Crippen LogP contribution in [0.3, 0.4) is 0 Å². The van der Waals surface area contributed by atoms with Gasteiger partial charge in [0, 0.05) is 31.2 Å². The number of amides is 3. The zero-order chi connectivity index (χ0) is 14.8. The van der Waals surface area contributed by atoms with Crippen molar-refractivity contribution in [2.24, 2.45) is 5.73 Å². The van der Waals surface area contributed by atoms with Gasteiger partial charge in [0.25, 0.3) is 0 Å². The predicted octanol–water partition coefficient (Wildman–Crippen LogP) is 0.491. The highest BCUT2D eigenvalue weighted by Crippen LogP contribution is 2.37. The molecular formula is C15H20N4O2. The lowest BCUT2D eigenvalue weighted by atomic mass is 9.98. The third-order valence-corrected chi connectivity index (χ3v) is 4.16. The lowest BCUT2D eigenvalue weighted by Crippen LogP contribution is -2.41. The van der Waals surface area contributed by atoms with Gasteiger partial charge in [0.05, 0.1) is 6.54 Å². The molecule has 0 spiro atoms. The molecule has 6 nitrogen and oxygen atoms in total. The molecule has 3 rings (SSSR count). The number of benzene rings is 1. The summed E-state index contributed by atoms with van der Waals surface area (Å²) in [6.07, 6.45) is 0.909. The Morgan fingerprint density at radius 2 is 2.19 bits per heavy atom. The van der Waals surface area contributed by atoms with Crippen LogP contribution in [0, 0.1) is 0 Å². The van der Waals surface area contributed by atoms with Crippen LogP contribution in [0.15, 0.2) is 24.3 Å². The molecule has 3 amide bonds. The van der Waals surface area contributed by atoms with Crippen LogP contribution in [0.2, 0.25) is 0 Å². The van der Waals surface area contributed by atoms with Crippen molar-refractivity contribution in [1.82, 2.24) is 10.2 Å². The molecule has 0 aliphatic carbocycles. The zero-order valence-corrected chi connectivity index (χ0v) is 11.9. The van der Waals surface area contributed by atoms with Crippen LogP contribution in [0.25, 0.3) is 0 Å². The number of imide groups is 1. The first-order chi connectivity index (χ1) is 10.2. The van der Waals surface area contributed by atoms with Gasteiger partial charge < -0.3 is 16.0 Å². The van der Waals surface area contributed by atoms with Gasteiger partial charge in [-0.2, -0.15) is 0 Å². The van der Waals surface area contributed by atoms with Crippen molar-refractivity contribution in [3.63, 3.8) is 0 Å². The first-order valence-corrected chi connectivity index (χ1v) is 7.33. The largest absolute Gasteiger partial charge is 0.361 e. The van der Waals surface area contributed by atoms with Crippen LogP contribution in [0.1, 0.15) is 17.9 Å². The lowest BCUT2D eigenvalue weighted by Gasteiger charge is -2.22. The van der Waals surface area contributed by atoms with E-state index in [-0.39, 0.29) is 18.5 Å². The summed E-state index contributed by atoms with van der Waals surface area (Å²) in [6.45, 7) is 2.66. The summed E-state index contributed by atoms with van der Waals surface area (Å²) in [6, 6.07) is 7.84. The number of carbonyl (C=O) groups is 2. The number of hydrogen-bond acceptors (Lipinski definition) is 4. The van der Waals surface area contributed by atoms with Crippen molar-refractivity contribution in [2.75, 3.05) is 37.6 Å². The second kappa shape index (κ2) is 5.73. The quantitative estimate of drug-likeness (QED) is 0.845. The van der Waals surface area contributed by atoms with E-state index in [2.05, 4.69) is 16.3 Å². The van der Waals surface area contributed by atoms with Crippen molar-refractivity contribution in [3.05, 3.63) is 29.8 Å². The minimum absolute atomic E-state index is 0.145. The van der Waals surface area contributed by atoms with E-state index in [0.29, 0.717) is 25.6 Å². The van der Waals surface area contributed by atoms with E-state index in [1.807, 2.05) is 18.2 Å². The number of rotatable bonds is 4. The predicted molar refractivity (Wildman–Crippen MR) is 80.2 cm³/mol. The summed E-state index contributed by atoms with van der Waals surface area (Å²) in [5, 5.41) is 2.65. The molecule has 2 aliphatic heterocycles. The summed E-state index contributed by atoms with van der Waals surface area (Å²) in [7, 11) is 0. The van der Waals surface area contributed by atoms with Gasteiger partial charge in [0.2, 0.25) is 5.91 Å². The molecule has 1 aromatic rings. The van der Waals surface area contributed by atoms with E-state index >= 15 is 0 Å².